The number of carbonyl (C=O) groups is 6. The first-order chi connectivity index (χ1) is 29.5. The van der Waals surface area contributed by atoms with Gasteiger partial charge in [-0.05, 0) is 123 Å². The van der Waals surface area contributed by atoms with Crippen molar-refractivity contribution in [2.45, 2.75) is 149 Å². The van der Waals surface area contributed by atoms with Crippen molar-refractivity contribution in [1.29, 1.82) is 0 Å². The number of esters is 3. The van der Waals surface area contributed by atoms with Crippen molar-refractivity contribution in [3.05, 3.63) is 95.1 Å². The van der Waals surface area contributed by atoms with Gasteiger partial charge in [-0.3, -0.25) is 9.59 Å². The number of unbranched alkanes of at least 4 members (excludes halogenated alkanes) is 1. The van der Waals surface area contributed by atoms with E-state index in [0.717, 1.165) is 33.4 Å². The van der Waals surface area contributed by atoms with Crippen LogP contribution < -0.4 is 21.3 Å². The number of ether oxygens (including phenoxy) is 4. The maximum Gasteiger partial charge on any atom is 0.407 e. The highest BCUT2D eigenvalue weighted by Gasteiger charge is 2.33. The van der Waals surface area contributed by atoms with E-state index in [1.807, 2.05) is 67.6 Å². The average molecular weight is 871 g/mol. The minimum Gasteiger partial charge on any atom is -0.460 e. The summed E-state index contributed by atoms with van der Waals surface area (Å²) in [6, 6.07) is 19.7. The fraction of sp³-hybridized carbons (Fsp3) is 0.510. The second kappa shape index (κ2) is 21.9. The maximum atomic E-state index is 13.7. The zero-order valence-electron chi connectivity index (χ0n) is 38.5. The van der Waals surface area contributed by atoms with Crippen molar-refractivity contribution in [1.82, 2.24) is 21.3 Å². The fourth-order valence-electron chi connectivity index (χ4n) is 7.02. The van der Waals surface area contributed by atoms with Crippen LogP contribution in [-0.2, 0) is 44.5 Å². The Morgan fingerprint density at radius 1 is 0.603 bits per heavy atom. The summed E-state index contributed by atoms with van der Waals surface area (Å²) in [6.07, 6.45) is 0.155. The summed E-state index contributed by atoms with van der Waals surface area (Å²) in [5, 5.41) is 10.9. The van der Waals surface area contributed by atoms with Gasteiger partial charge in [-0.1, -0.05) is 78.4 Å². The molecule has 14 nitrogen and oxygen atoms in total. The number of carbonyl (C=O) groups excluding carboxylic acids is 6. The van der Waals surface area contributed by atoms with E-state index in [-0.39, 0.29) is 44.8 Å². The molecule has 4 N–H and O–H groups in total. The molecule has 3 aromatic rings. The molecule has 14 heteroatoms. The van der Waals surface area contributed by atoms with Crippen LogP contribution in [0.2, 0.25) is 0 Å². The molecule has 0 aliphatic heterocycles. The minimum atomic E-state index is -1.22. The number of rotatable bonds is 18. The Hall–Kier alpha value is -5.92. The molecule has 63 heavy (non-hydrogen) atoms. The monoisotopic (exact) mass is 870 g/mol. The summed E-state index contributed by atoms with van der Waals surface area (Å²) >= 11 is 0. The van der Waals surface area contributed by atoms with Gasteiger partial charge in [0.1, 0.15) is 41.5 Å². The van der Waals surface area contributed by atoms with Gasteiger partial charge in [-0.2, -0.15) is 0 Å². The number of benzene rings is 3. The van der Waals surface area contributed by atoms with Crippen LogP contribution in [0, 0.1) is 6.92 Å². The van der Waals surface area contributed by atoms with Crippen molar-refractivity contribution in [2.75, 3.05) is 13.2 Å². The van der Waals surface area contributed by atoms with Crippen molar-refractivity contribution in [3.8, 4) is 11.1 Å². The Morgan fingerprint density at radius 2 is 1.11 bits per heavy atom. The molecule has 342 valence electrons. The highest BCUT2D eigenvalue weighted by Crippen LogP contribution is 2.44. The Morgan fingerprint density at radius 3 is 1.63 bits per heavy atom. The predicted molar refractivity (Wildman–Crippen MR) is 240 cm³/mol. The number of hydrogen-bond acceptors (Lipinski definition) is 10. The summed E-state index contributed by atoms with van der Waals surface area (Å²) in [5.74, 6) is -2.54. The van der Waals surface area contributed by atoms with Crippen molar-refractivity contribution >= 4 is 35.9 Å². The van der Waals surface area contributed by atoms with Gasteiger partial charge in [0.25, 0.3) is 0 Å². The largest absolute Gasteiger partial charge is 0.460 e. The summed E-state index contributed by atoms with van der Waals surface area (Å²) in [7, 11) is 0. The Kier molecular flexibility index (Phi) is 17.3. The highest BCUT2D eigenvalue weighted by molar-refractivity contribution is 5.88. The molecular weight excluding hydrogens is 805 g/mol. The topological polar surface area (TPSA) is 187 Å². The maximum absolute atomic E-state index is 13.7. The van der Waals surface area contributed by atoms with Gasteiger partial charge in [-0.25, -0.2) is 19.2 Å². The molecule has 0 saturated carbocycles. The molecule has 3 aromatic carbocycles. The van der Waals surface area contributed by atoms with E-state index in [1.54, 1.807) is 62.3 Å². The van der Waals surface area contributed by atoms with Crippen LogP contribution in [0.4, 0.5) is 9.59 Å². The van der Waals surface area contributed by atoms with Crippen molar-refractivity contribution in [3.63, 3.8) is 0 Å². The van der Waals surface area contributed by atoms with Crippen molar-refractivity contribution in [2.24, 2.45) is 0 Å². The first-order valence-electron chi connectivity index (χ1n) is 21.7. The van der Waals surface area contributed by atoms with Gasteiger partial charge in [0.15, 0.2) is 0 Å². The van der Waals surface area contributed by atoms with Crippen LogP contribution in [0.3, 0.4) is 0 Å². The Balaban J connectivity index is 1.36. The predicted octanol–water partition coefficient (Wildman–Crippen LogP) is 7.57. The van der Waals surface area contributed by atoms with Gasteiger partial charge in [-0.15, -0.1) is 0 Å². The first-order valence-corrected chi connectivity index (χ1v) is 21.7. The van der Waals surface area contributed by atoms with E-state index in [1.165, 1.54) is 0 Å². The summed E-state index contributed by atoms with van der Waals surface area (Å²) < 4.78 is 22.3. The van der Waals surface area contributed by atoms with Gasteiger partial charge in [0.2, 0.25) is 5.91 Å². The highest BCUT2D eigenvalue weighted by atomic mass is 16.6. The number of urea groups is 1. The fourth-order valence-corrected chi connectivity index (χ4v) is 7.02. The average Bonchev–Trinajstić information content (AvgIpc) is 3.50. The van der Waals surface area contributed by atoms with E-state index >= 15 is 0 Å². The molecule has 0 bridgehead atoms. The summed E-state index contributed by atoms with van der Waals surface area (Å²) in [6.45, 7) is 17.6. The molecule has 0 aromatic heterocycles. The zero-order chi connectivity index (χ0) is 46.5. The van der Waals surface area contributed by atoms with Gasteiger partial charge in [0, 0.05) is 25.3 Å². The number of hydrogen-bond donors (Lipinski definition) is 4. The van der Waals surface area contributed by atoms with Crippen LogP contribution in [0.5, 0.6) is 0 Å². The third-order valence-corrected chi connectivity index (χ3v) is 9.78. The van der Waals surface area contributed by atoms with Gasteiger partial charge >= 0.3 is 30.0 Å². The normalized spacial score (nSPS) is 13.9. The molecule has 1 aliphatic carbocycles. The van der Waals surface area contributed by atoms with Crippen LogP contribution in [0.25, 0.3) is 11.1 Å². The second-order valence-corrected chi connectivity index (χ2v) is 18.9. The van der Waals surface area contributed by atoms with Crippen LogP contribution in [-0.4, -0.2) is 84.0 Å². The number of nitrogens with one attached hydrogen (secondary N) is 4. The SMILES string of the molecule is Cc1ccc(C[C@H](NC(=O)OCC2c3ccccc3-c3ccccc32)C(=O)NCCCC[C@H](NC(=O)N[C@@H](CCC(=O)OC(C)(C)C)C(=O)OC(C)(C)C)C(=O)OC(C)(C)C)cc1. The lowest BCUT2D eigenvalue weighted by atomic mass is 9.98. The Labute approximate surface area is 371 Å². The van der Waals surface area contributed by atoms with Crippen LogP contribution >= 0.6 is 0 Å². The quantitative estimate of drug-likeness (QED) is 0.0564. The molecule has 4 rings (SSSR count). The third kappa shape index (κ3) is 16.7. The van der Waals surface area contributed by atoms with Crippen molar-refractivity contribution < 1.29 is 47.7 Å². The number of alkyl carbamates (subject to hydrolysis) is 1. The lowest BCUT2D eigenvalue weighted by Crippen LogP contribution is -2.53. The minimum absolute atomic E-state index is 0.0946. The van der Waals surface area contributed by atoms with E-state index in [4.69, 9.17) is 18.9 Å². The zero-order valence-corrected chi connectivity index (χ0v) is 38.5. The number of amides is 4. The van der Waals surface area contributed by atoms with Gasteiger partial charge in [0.05, 0.1) is 0 Å². The summed E-state index contributed by atoms with van der Waals surface area (Å²) in [4.78, 5) is 79.3. The number of fused-ring (bicyclic) bond motifs is 3. The van der Waals surface area contributed by atoms with E-state index in [0.29, 0.717) is 12.8 Å². The standard InChI is InChI=1S/C49H66N4O10/c1-31-22-24-32(25-23-31)29-40(53-46(59)60-30-37-35-19-13-11-17-33(35)34-18-12-14-20-36(34)37)42(55)50-28-16-15-21-38(43(56)62-48(5,6)7)51-45(58)52-39(44(57)63-49(8,9)10)26-27-41(54)61-47(2,3)4/h11-14,17-20,22-25,37-40H,15-16,21,26-30H2,1-10H3,(H,50,55)(H,53,59)(H2,51,52,58)/t38-,39-,40-/m0/s1. The van der Waals surface area contributed by atoms with Crippen LogP contribution in [0.1, 0.15) is 123 Å². The molecule has 0 saturated heterocycles. The molecular formula is C49H66N4O10. The number of aryl methyl sites for hydroxylation is 1. The molecule has 0 radical (unpaired) electrons. The molecule has 0 fully saturated rings. The Bertz CT molecular complexity index is 2020. The molecule has 0 unspecified atom stereocenters. The first kappa shape index (κ1) is 49.7. The molecule has 3 atom stereocenters. The lowest BCUT2D eigenvalue weighted by molar-refractivity contribution is -0.159. The second-order valence-electron chi connectivity index (χ2n) is 18.9. The van der Waals surface area contributed by atoms with E-state index < -0.39 is 70.9 Å². The molecule has 0 heterocycles. The molecule has 4 amide bonds. The molecule has 1 aliphatic rings. The van der Waals surface area contributed by atoms with Crippen LogP contribution in [0.15, 0.2) is 72.8 Å². The van der Waals surface area contributed by atoms with E-state index in [2.05, 4.69) is 33.4 Å². The smallest absolute Gasteiger partial charge is 0.407 e. The lowest BCUT2D eigenvalue weighted by Gasteiger charge is -2.27. The summed E-state index contributed by atoms with van der Waals surface area (Å²) in [5.41, 5.74) is 3.80. The van der Waals surface area contributed by atoms with Gasteiger partial charge < -0.3 is 40.2 Å². The molecule has 0 spiro atoms. The third-order valence-electron chi connectivity index (χ3n) is 9.78. The van der Waals surface area contributed by atoms with E-state index in [9.17, 15) is 28.8 Å².